The molecular formula is C14H20N2O2. The first-order valence-corrected chi connectivity index (χ1v) is 6.35. The summed E-state index contributed by atoms with van der Waals surface area (Å²) in [7, 11) is 1.99. The molecule has 18 heavy (non-hydrogen) atoms. The van der Waals surface area contributed by atoms with E-state index in [9.17, 15) is 9.90 Å². The molecule has 0 atom stereocenters. The van der Waals surface area contributed by atoms with Gasteiger partial charge in [-0.05, 0) is 31.0 Å². The zero-order valence-corrected chi connectivity index (χ0v) is 10.7. The predicted molar refractivity (Wildman–Crippen MR) is 69.9 cm³/mol. The van der Waals surface area contributed by atoms with Gasteiger partial charge >= 0.3 is 0 Å². The third-order valence-electron chi connectivity index (χ3n) is 3.33. The van der Waals surface area contributed by atoms with Gasteiger partial charge in [-0.2, -0.15) is 0 Å². The van der Waals surface area contributed by atoms with Crippen molar-refractivity contribution in [2.75, 3.05) is 13.6 Å². The Labute approximate surface area is 108 Å². The molecule has 0 saturated heterocycles. The molecule has 1 amide bonds. The SMILES string of the molecule is CN(CC(=O)NCc1ccccc1CO)C1CC1. The van der Waals surface area contributed by atoms with Gasteiger partial charge in [0.1, 0.15) is 0 Å². The summed E-state index contributed by atoms with van der Waals surface area (Å²) in [6.45, 7) is 0.939. The second kappa shape index (κ2) is 5.98. The number of carbonyl (C=O) groups is 1. The first-order chi connectivity index (χ1) is 8.70. The minimum atomic E-state index is 0.00796. The van der Waals surface area contributed by atoms with Gasteiger partial charge < -0.3 is 10.4 Å². The highest BCUT2D eigenvalue weighted by Crippen LogP contribution is 2.24. The molecule has 1 fully saturated rings. The maximum absolute atomic E-state index is 11.7. The zero-order valence-electron chi connectivity index (χ0n) is 10.7. The number of nitrogens with one attached hydrogen (secondary N) is 1. The van der Waals surface area contributed by atoms with Gasteiger partial charge in [-0.15, -0.1) is 0 Å². The van der Waals surface area contributed by atoms with E-state index in [1.807, 2.05) is 31.3 Å². The average Bonchev–Trinajstić information content (AvgIpc) is 3.21. The molecule has 4 nitrogen and oxygen atoms in total. The van der Waals surface area contributed by atoms with Crippen LogP contribution in [0.1, 0.15) is 24.0 Å². The molecule has 2 N–H and O–H groups in total. The summed E-state index contributed by atoms with van der Waals surface area (Å²) in [6, 6.07) is 8.20. The number of benzene rings is 1. The number of hydrogen-bond donors (Lipinski definition) is 2. The molecule has 1 saturated carbocycles. The molecule has 1 aliphatic rings. The standard InChI is InChI=1S/C14H20N2O2/c1-16(13-6-7-13)9-14(18)15-8-11-4-2-3-5-12(11)10-17/h2-5,13,17H,6-10H2,1H3,(H,15,18). The van der Waals surface area contributed by atoms with Crippen LogP contribution in [0.2, 0.25) is 0 Å². The van der Waals surface area contributed by atoms with Crippen molar-refractivity contribution in [2.45, 2.75) is 32.0 Å². The molecule has 0 bridgehead atoms. The first-order valence-electron chi connectivity index (χ1n) is 6.35. The van der Waals surface area contributed by atoms with Gasteiger partial charge in [0.05, 0.1) is 13.2 Å². The van der Waals surface area contributed by atoms with Gasteiger partial charge in [-0.25, -0.2) is 0 Å². The van der Waals surface area contributed by atoms with Crippen molar-refractivity contribution in [3.05, 3.63) is 35.4 Å². The second-order valence-corrected chi connectivity index (χ2v) is 4.85. The third kappa shape index (κ3) is 3.55. The van der Waals surface area contributed by atoms with Crippen molar-refractivity contribution in [1.29, 1.82) is 0 Å². The van der Waals surface area contributed by atoms with Crippen LogP contribution >= 0.6 is 0 Å². The number of aliphatic hydroxyl groups is 1. The molecule has 2 rings (SSSR count). The fourth-order valence-corrected chi connectivity index (χ4v) is 2.00. The van der Waals surface area contributed by atoms with E-state index >= 15 is 0 Å². The fraction of sp³-hybridized carbons (Fsp3) is 0.500. The van der Waals surface area contributed by atoms with E-state index in [1.165, 1.54) is 12.8 Å². The highest BCUT2D eigenvalue weighted by atomic mass is 16.3. The average molecular weight is 248 g/mol. The van der Waals surface area contributed by atoms with Crippen molar-refractivity contribution in [3.8, 4) is 0 Å². The largest absolute Gasteiger partial charge is 0.392 e. The molecule has 1 aromatic rings. The Morgan fingerprint density at radius 3 is 2.67 bits per heavy atom. The predicted octanol–water partition coefficient (Wildman–Crippen LogP) is 0.889. The van der Waals surface area contributed by atoms with Crippen LogP contribution in [-0.4, -0.2) is 35.5 Å². The molecule has 0 heterocycles. The summed E-state index contributed by atoms with van der Waals surface area (Å²) in [5.74, 6) is 0.0390. The Kier molecular flexibility index (Phi) is 4.33. The van der Waals surface area contributed by atoms with Gasteiger partial charge in [-0.3, -0.25) is 9.69 Å². The smallest absolute Gasteiger partial charge is 0.234 e. The summed E-state index contributed by atoms with van der Waals surface area (Å²) >= 11 is 0. The topological polar surface area (TPSA) is 52.6 Å². The Morgan fingerprint density at radius 2 is 2.06 bits per heavy atom. The molecule has 4 heteroatoms. The molecule has 0 aromatic heterocycles. The lowest BCUT2D eigenvalue weighted by Crippen LogP contribution is -2.36. The Hall–Kier alpha value is -1.39. The van der Waals surface area contributed by atoms with Gasteiger partial charge in [0.2, 0.25) is 5.91 Å². The van der Waals surface area contributed by atoms with Crippen molar-refractivity contribution < 1.29 is 9.90 Å². The maximum Gasteiger partial charge on any atom is 0.234 e. The monoisotopic (exact) mass is 248 g/mol. The number of nitrogens with zero attached hydrogens (tertiary/aromatic N) is 1. The number of aliphatic hydroxyl groups excluding tert-OH is 1. The van der Waals surface area contributed by atoms with Gasteiger partial charge in [-0.1, -0.05) is 24.3 Å². The number of likely N-dealkylation sites (N-methyl/N-ethyl adjacent to an activating group) is 1. The Morgan fingerprint density at radius 1 is 1.39 bits per heavy atom. The molecule has 1 aliphatic carbocycles. The highest BCUT2D eigenvalue weighted by Gasteiger charge is 2.27. The van der Waals surface area contributed by atoms with Crippen LogP contribution in [0.4, 0.5) is 0 Å². The molecular weight excluding hydrogens is 228 g/mol. The van der Waals surface area contributed by atoms with Crippen molar-refractivity contribution >= 4 is 5.91 Å². The van der Waals surface area contributed by atoms with E-state index in [2.05, 4.69) is 10.2 Å². The van der Waals surface area contributed by atoms with Crippen LogP contribution in [0.15, 0.2) is 24.3 Å². The lowest BCUT2D eigenvalue weighted by molar-refractivity contribution is -0.122. The quantitative estimate of drug-likeness (QED) is 0.786. The van der Waals surface area contributed by atoms with Crippen LogP contribution in [0.25, 0.3) is 0 Å². The van der Waals surface area contributed by atoms with Crippen molar-refractivity contribution in [2.24, 2.45) is 0 Å². The van der Waals surface area contributed by atoms with E-state index in [4.69, 9.17) is 0 Å². The third-order valence-corrected chi connectivity index (χ3v) is 3.33. The van der Waals surface area contributed by atoms with Gasteiger partial charge in [0, 0.05) is 12.6 Å². The summed E-state index contributed by atoms with van der Waals surface area (Å²) < 4.78 is 0. The molecule has 0 unspecified atom stereocenters. The van der Waals surface area contributed by atoms with Crippen LogP contribution < -0.4 is 5.32 Å². The second-order valence-electron chi connectivity index (χ2n) is 4.85. The van der Waals surface area contributed by atoms with E-state index in [0.29, 0.717) is 19.1 Å². The number of hydrogen-bond acceptors (Lipinski definition) is 3. The van der Waals surface area contributed by atoms with E-state index < -0.39 is 0 Å². The molecule has 1 aromatic carbocycles. The lowest BCUT2D eigenvalue weighted by atomic mass is 10.1. The first kappa shape index (κ1) is 13.1. The number of rotatable bonds is 6. The normalized spacial score (nSPS) is 14.8. The molecule has 0 spiro atoms. The van der Waals surface area contributed by atoms with E-state index in [-0.39, 0.29) is 12.5 Å². The van der Waals surface area contributed by atoms with Crippen LogP contribution in [0, 0.1) is 0 Å². The Balaban J connectivity index is 1.81. The molecule has 0 aliphatic heterocycles. The number of carbonyl (C=O) groups excluding carboxylic acids is 1. The lowest BCUT2D eigenvalue weighted by Gasteiger charge is -2.15. The minimum Gasteiger partial charge on any atom is -0.392 e. The van der Waals surface area contributed by atoms with E-state index in [1.54, 1.807) is 0 Å². The van der Waals surface area contributed by atoms with Crippen LogP contribution in [-0.2, 0) is 17.9 Å². The maximum atomic E-state index is 11.7. The summed E-state index contributed by atoms with van der Waals surface area (Å²) in [5, 5.41) is 12.1. The molecule has 98 valence electrons. The van der Waals surface area contributed by atoms with Gasteiger partial charge in [0.15, 0.2) is 0 Å². The number of amides is 1. The Bertz CT molecular complexity index is 416. The zero-order chi connectivity index (χ0) is 13.0. The van der Waals surface area contributed by atoms with Gasteiger partial charge in [0.25, 0.3) is 0 Å². The van der Waals surface area contributed by atoms with Crippen LogP contribution in [0.5, 0.6) is 0 Å². The molecule has 0 radical (unpaired) electrons. The van der Waals surface area contributed by atoms with Crippen molar-refractivity contribution in [1.82, 2.24) is 10.2 Å². The van der Waals surface area contributed by atoms with Crippen molar-refractivity contribution in [3.63, 3.8) is 0 Å². The van der Waals surface area contributed by atoms with E-state index in [0.717, 1.165) is 11.1 Å². The summed E-state index contributed by atoms with van der Waals surface area (Å²) in [5.41, 5.74) is 1.84. The summed E-state index contributed by atoms with van der Waals surface area (Å²) in [6.07, 6.45) is 2.41. The van der Waals surface area contributed by atoms with Crippen LogP contribution in [0.3, 0.4) is 0 Å². The summed E-state index contributed by atoms with van der Waals surface area (Å²) in [4.78, 5) is 13.8. The highest BCUT2D eigenvalue weighted by molar-refractivity contribution is 5.78. The fourth-order valence-electron chi connectivity index (χ4n) is 2.00. The minimum absolute atomic E-state index is 0.00796.